The summed E-state index contributed by atoms with van der Waals surface area (Å²) in [5.74, 6) is 0.791. The summed E-state index contributed by atoms with van der Waals surface area (Å²) in [5, 5.41) is 9.98. The molecule has 7 heteroatoms. The number of hydrogen-bond donors (Lipinski definition) is 1. The quantitative estimate of drug-likeness (QED) is 0.927. The van der Waals surface area contributed by atoms with E-state index in [0.717, 1.165) is 17.3 Å². The van der Waals surface area contributed by atoms with E-state index in [4.69, 9.17) is 5.11 Å². The zero-order chi connectivity index (χ0) is 16.6. The minimum Gasteiger partial charge on any atom is -0.465 e. The number of carboxylic acid groups (broad SMARTS) is 1. The molecular formula is C16H20N4O3. The van der Waals surface area contributed by atoms with Gasteiger partial charge in [-0.25, -0.2) is 9.59 Å². The maximum Gasteiger partial charge on any atom is 0.407 e. The van der Waals surface area contributed by atoms with Crippen LogP contribution in [0.1, 0.15) is 6.42 Å². The molecule has 1 saturated heterocycles. The van der Waals surface area contributed by atoms with Gasteiger partial charge < -0.3 is 14.9 Å². The topological polar surface area (TPSA) is 78.7 Å². The molecule has 3 rings (SSSR count). The van der Waals surface area contributed by atoms with E-state index in [1.54, 1.807) is 4.57 Å². The lowest BCUT2D eigenvalue weighted by Gasteiger charge is -2.19. The van der Waals surface area contributed by atoms with Crippen LogP contribution in [0.5, 0.6) is 0 Å². The first-order chi connectivity index (χ1) is 11.0. The van der Waals surface area contributed by atoms with Crippen molar-refractivity contribution in [3.05, 3.63) is 34.7 Å². The summed E-state index contributed by atoms with van der Waals surface area (Å²) >= 11 is 0. The van der Waals surface area contributed by atoms with Crippen LogP contribution in [-0.2, 0) is 6.54 Å². The van der Waals surface area contributed by atoms with Crippen LogP contribution in [0.4, 0.5) is 10.6 Å². The molecule has 1 unspecified atom stereocenters. The van der Waals surface area contributed by atoms with Crippen molar-refractivity contribution < 1.29 is 9.90 Å². The molecule has 1 aliphatic heterocycles. The largest absolute Gasteiger partial charge is 0.465 e. The monoisotopic (exact) mass is 316 g/mol. The SMILES string of the molecule is CN(C)c1nc(=O)n(CC2CCN(C(=O)O)C2)c2ccccc12. The number of aromatic nitrogens is 2. The molecule has 1 aliphatic rings. The molecule has 1 amide bonds. The van der Waals surface area contributed by atoms with Gasteiger partial charge in [0.05, 0.1) is 5.52 Å². The summed E-state index contributed by atoms with van der Waals surface area (Å²) < 4.78 is 1.67. The second-order valence-electron chi connectivity index (χ2n) is 6.12. The molecule has 23 heavy (non-hydrogen) atoms. The second kappa shape index (κ2) is 5.91. The molecule has 122 valence electrons. The number of carbonyl (C=O) groups is 1. The molecular weight excluding hydrogens is 296 g/mol. The van der Waals surface area contributed by atoms with Crippen LogP contribution >= 0.6 is 0 Å². The van der Waals surface area contributed by atoms with Crippen molar-refractivity contribution in [2.45, 2.75) is 13.0 Å². The molecule has 2 aromatic rings. The number of likely N-dealkylation sites (tertiary alicyclic amines) is 1. The first kappa shape index (κ1) is 15.3. The highest BCUT2D eigenvalue weighted by molar-refractivity contribution is 5.89. The Morgan fingerprint density at radius 1 is 1.39 bits per heavy atom. The molecule has 0 aliphatic carbocycles. The predicted octanol–water partition coefficient (Wildman–Crippen LogP) is 1.46. The van der Waals surface area contributed by atoms with Gasteiger partial charge in [-0.1, -0.05) is 12.1 Å². The number of rotatable bonds is 3. The van der Waals surface area contributed by atoms with Gasteiger partial charge in [-0.3, -0.25) is 4.57 Å². The lowest BCUT2D eigenvalue weighted by atomic mass is 10.1. The van der Waals surface area contributed by atoms with Gasteiger partial charge in [0.2, 0.25) is 0 Å². The molecule has 0 bridgehead atoms. The third-order valence-corrected chi connectivity index (χ3v) is 4.29. The van der Waals surface area contributed by atoms with Gasteiger partial charge in [0, 0.05) is 39.1 Å². The van der Waals surface area contributed by atoms with Crippen LogP contribution in [-0.4, -0.2) is 52.8 Å². The van der Waals surface area contributed by atoms with Gasteiger partial charge >= 0.3 is 11.8 Å². The van der Waals surface area contributed by atoms with E-state index in [1.807, 2.05) is 43.3 Å². The van der Waals surface area contributed by atoms with E-state index >= 15 is 0 Å². The van der Waals surface area contributed by atoms with Gasteiger partial charge in [0.25, 0.3) is 0 Å². The minimum absolute atomic E-state index is 0.138. The standard InChI is InChI=1S/C16H20N4O3/c1-18(2)14-12-5-3-4-6-13(12)20(15(21)17-14)10-11-7-8-19(9-11)16(22)23/h3-6,11H,7-10H2,1-2H3,(H,22,23). The zero-order valence-corrected chi connectivity index (χ0v) is 13.3. The van der Waals surface area contributed by atoms with Gasteiger partial charge in [-0.2, -0.15) is 4.98 Å². The molecule has 0 spiro atoms. The van der Waals surface area contributed by atoms with Gasteiger partial charge in [-0.15, -0.1) is 0 Å². The summed E-state index contributed by atoms with van der Waals surface area (Å²) in [6, 6.07) is 7.69. The number of amides is 1. The molecule has 7 nitrogen and oxygen atoms in total. The second-order valence-corrected chi connectivity index (χ2v) is 6.12. The van der Waals surface area contributed by atoms with E-state index in [1.165, 1.54) is 4.90 Å². The number of benzene rings is 1. The van der Waals surface area contributed by atoms with Crippen LogP contribution in [0.3, 0.4) is 0 Å². The Balaban J connectivity index is 1.99. The van der Waals surface area contributed by atoms with Crippen molar-refractivity contribution in [3.63, 3.8) is 0 Å². The fraction of sp³-hybridized carbons (Fsp3) is 0.438. The maximum atomic E-state index is 12.5. The van der Waals surface area contributed by atoms with E-state index in [0.29, 0.717) is 25.5 Å². The van der Waals surface area contributed by atoms with Gasteiger partial charge in [0.1, 0.15) is 5.82 Å². The highest BCUT2D eigenvalue weighted by Crippen LogP contribution is 2.24. The van der Waals surface area contributed by atoms with Crippen LogP contribution in [0, 0.1) is 5.92 Å². The zero-order valence-electron chi connectivity index (χ0n) is 13.3. The first-order valence-electron chi connectivity index (χ1n) is 7.62. The van der Waals surface area contributed by atoms with E-state index < -0.39 is 6.09 Å². The number of fused-ring (bicyclic) bond motifs is 1. The number of hydrogen-bond acceptors (Lipinski definition) is 4. The third kappa shape index (κ3) is 2.86. The summed E-state index contributed by atoms with van der Waals surface area (Å²) in [4.78, 5) is 30.9. The number of nitrogens with zero attached hydrogens (tertiary/aromatic N) is 4. The van der Waals surface area contributed by atoms with Gasteiger partial charge in [0.15, 0.2) is 0 Å². The Hall–Kier alpha value is -2.57. The fourth-order valence-corrected chi connectivity index (χ4v) is 3.14. The van der Waals surface area contributed by atoms with Gasteiger partial charge in [-0.05, 0) is 24.5 Å². The first-order valence-corrected chi connectivity index (χ1v) is 7.62. The Bertz CT molecular complexity index is 800. The third-order valence-electron chi connectivity index (χ3n) is 4.29. The Morgan fingerprint density at radius 3 is 2.78 bits per heavy atom. The molecule has 1 N–H and O–H groups in total. The molecule has 0 radical (unpaired) electrons. The molecule has 1 fully saturated rings. The summed E-state index contributed by atoms with van der Waals surface area (Å²) in [6.07, 6.45) is -0.131. The van der Waals surface area contributed by atoms with Crippen molar-refractivity contribution in [1.82, 2.24) is 14.5 Å². The number of anilines is 1. The fourth-order valence-electron chi connectivity index (χ4n) is 3.14. The maximum absolute atomic E-state index is 12.5. The van der Waals surface area contributed by atoms with Crippen molar-refractivity contribution >= 4 is 22.8 Å². The van der Waals surface area contributed by atoms with Crippen LogP contribution in [0.25, 0.3) is 10.9 Å². The summed E-state index contributed by atoms with van der Waals surface area (Å²) in [5.41, 5.74) is 0.547. The molecule has 1 aromatic heterocycles. The average Bonchev–Trinajstić information content (AvgIpc) is 2.98. The molecule has 0 saturated carbocycles. The van der Waals surface area contributed by atoms with Crippen molar-refractivity contribution in [2.75, 3.05) is 32.1 Å². The van der Waals surface area contributed by atoms with E-state index in [9.17, 15) is 9.59 Å². The minimum atomic E-state index is -0.897. The van der Waals surface area contributed by atoms with Crippen LogP contribution in [0.15, 0.2) is 29.1 Å². The van der Waals surface area contributed by atoms with Crippen LogP contribution < -0.4 is 10.6 Å². The average molecular weight is 316 g/mol. The van der Waals surface area contributed by atoms with Crippen LogP contribution in [0.2, 0.25) is 0 Å². The highest BCUT2D eigenvalue weighted by atomic mass is 16.4. The molecule has 1 atom stereocenters. The van der Waals surface area contributed by atoms with Crippen molar-refractivity contribution in [3.8, 4) is 0 Å². The van der Waals surface area contributed by atoms with Crippen molar-refractivity contribution in [1.29, 1.82) is 0 Å². The predicted molar refractivity (Wildman–Crippen MR) is 88.0 cm³/mol. The van der Waals surface area contributed by atoms with Crippen molar-refractivity contribution in [2.24, 2.45) is 5.92 Å². The Morgan fingerprint density at radius 2 is 2.13 bits per heavy atom. The van der Waals surface area contributed by atoms with E-state index in [-0.39, 0.29) is 11.6 Å². The Labute approximate surface area is 133 Å². The lowest BCUT2D eigenvalue weighted by Crippen LogP contribution is -2.31. The lowest BCUT2D eigenvalue weighted by molar-refractivity contribution is 0.153. The Kier molecular flexibility index (Phi) is 3.94. The number of para-hydroxylation sites is 1. The molecule has 1 aromatic carbocycles. The highest BCUT2D eigenvalue weighted by Gasteiger charge is 2.27. The summed E-state index contributed by atoms with van der Waals surface area (Å²) in [6.45, 7) is 1.48. The molecule has 2 heterocycles. The summed E-state index contributed by atoms with van der Waals surface area (Å²) in [7, 11) is 3.72. The van der Waals surface area contributed by atoms with E-state index in [2.05, 4.69) is 4.98 Å². The smallest absolute Gasteiger partial charge is 0.407 e. The normalized spacial score (nSPS) is 17.7.